The third-order valence-corrected chi connectivity index (χ3v) is 3.56. The first-order chi connectivity index (χ1) is 7.26. The fourth-order valence-electron chi connectivity index (χ4n) is 1.59. The molecule has 1 atom stereocenters. The molecule has 1 rings (SSSR count). The number of aryl methyl sites for hydroxylation is 1. The van der Waals surface area contributed by atoms with Crippen molar-refractivity contribution < 1.29 is 0 Å². The van der Waals surface area contributed by atoms with Gasteiger partial charge in [0.25, 0.3) is 0 Å². The summed E-state index contributed by atoms with van der Waals surface area (Å²) in [6, 6.07) is 0. The monoisotopic (exact) mass is 226 g/mol. The summed E-state index contributed by atoms with van der Waals surface area (Å²) in [6.07, 6.45) is 3.58. The lowest BCUT2D eigenvalue weighted by atomic mass is 10.0. The molecule has 0 bridgehead atoms. The second kappa shape index (κ2) is 6.96. The van der Waals surface area contributed by atoms with Gasteiger partial charge in [0.05, 0.1) is 5.01 Å². The first-order valence-electron chi connectivity index (χ1n) is 5.88. The molecule has 0 amide bonds. The lowest BCUT2D eigenvalue weighted by Crippen LogP contribution is -2.24. The molecule has 0 spiro atoms. The van der Waals surface area contributed by atoms with Crippen LogP contribution in [0.1, 0.15) is 37.4 Å². The maximum Gasteiger partial charge on any atom is 0.0931 e. The van der Waals surface area contributed by atoms with E-state index in [0.717, 1.165) is 31.1 Å². The van der Waals surface area contributed by atoms with Crippen molar-refractivity contribution >= 4 is 11.3 Å². The van der Waals surface area contributed by atoms with E-state index >= 15 is 0 Å². The molecular formula is C12H22N2S. The van der Waals surface area contributed by atoms with Crippen molar-refractivity contribution in [3.8, 4) is 0 Å². The number of nitrogens with zero attached hydrogens (tertiary/aromatic N) is 1. The van der Waals surface area contributed by atoms with Crippen molar-refractivity contribution in [2.24, 2.45) is 5.92 Å². The third kappa shape index (κ3) is 4.76. The molecule has 1 aromatic heterocycles. The highest BCUT2D eigenvalue weighted by Gasteiger charge is 2.09. The molecule has 0 aliphatic carbocycles. The van der Waals surface area contributed by atoms with Gasteiger partial charge in [0.2, 0.25) is 0 Å². The lowest BCUT2D eigenvalue weighted by Gasteiger charge is -2.13. The van der Waals surface area contributed by atoms with Gasteiger partial charge in [0.1, 0.15) is 0 Å². The second-order valence-electron chi connectivity index (χ2n) is 4.07. The number of thiazole rings is 1. The van der Waals surface area contributed by atoms with E-state index in [2.05, 4.69) is 36.5 Å². The molecule has 1 heterocycles. The van der Waals surface area contributed by atoms with E-state index in [-0.39, 0.29) is 0 Å². The molecule has 0 aliphatic heterocycles. The van der Waals surface area contributed by atoms with E-state index in [1.54, 1.807) is 11.3 Å². The largest absolute Gasteiger partial charge is 0.316 e. The molecule has 2 nitrogen and oxygen atoms in total. The van der Waals surface area contributed by atoms with E-state index in [1.807, 2.05) is 0 Å². The van der Waals surface area contributed by atoms with Gasteiger partial charge < -0.3 is 5.32 Å². The minimum absolute atomic E-state index is 0.738. The summed E-state index contributed by atoms with van der Waals surface area (Å²) in [5.41, 5.74) is 1.16. The molecule has 0 saturated carbocycles. The van der Waals surface area contributed by atoms with Crippen molar-refractivity contribution in [1.29, 1.82) is 0 Å². The Balaban J connectivity index is 2.33. The molecule has 1 aromatic rings. The standard InChI is InChI=1S/C12H22N2S/c1-4-6-13-8-11(5-2)7-12-14-10(3)9-15-12/h9,11,13H,4-8H2,1-3H3. The van der Waals surface area contributed by atoms with Gasteiger partial charge in [-0.05, 0) is 32.4 Å². The zero-order valence-corrected chi connectivity index (χ0v) is 10.9. The number of hydrogen-bond donors (Lipinski definition) is 1. The van der Waals surface area contributed by atoms with Crippen LogP contribution in [0.5, 0.6) is 0 Å². The summed E-state index contributed by atoms with van der Waals surface area (Å²) < 4.78 is 0. The van der Waals surface area contributed by atoms with E-state index < -0.39 is 0 Å². The van der Waals surface area contributed by atoms with Gasteiger partial charge in [-0.3, -0.25) is 0 Å². The fourth-order valence-corrected chi connectivity index (χ4v) is 2.48. The Morgan fingerprint density at radius 2 is 2.27 bits per heavy atom. The molecule has 1 unspecified atom stereocenters. The predicted octanol–water partition coefficient (Wildman–Crippen LogP) is 3.02. The summed E-state index contributed by atoms with van der Waals surface area (Å²) in [4.78, 5) is 4.52. The van der Waals surface area contributed by atoms with Gasteiger partial charge >= 0.3 is 0 Å². The topological polar surface area (TPSA) is 24.9 Å². The van der Waals surface area contributed by atoms with Crippen molar-refractivity contribution in [3.63, 3.8) is 0 Å². The molecule has 3 heteroatoms. The van der Waals surface area contributed by atoms with E-state index in [0.29, 0.717) is 0 Å². The van der Waals surface area contributed by atoms with Crippen LogP contribution >= 0.6 is 11.3 Å². The Hall–Kier alpha value is -0.410. The van der Waals surface area contributed by atoms with Crippen LogP contribution in [0, 0.1) is 12.8 Å². The van der Waals surface area contributed by atoms with Crippen molar-refractivity contribution in [2.45, 2.75) is 40.0 Å². The summed E-state index contributed by atoms with van der Waals surface area (Å²) in [5, 5.41) is 6.92. The number of hydrogen-bond acceptors (Lipinski definition) is 3. The van der Waals surface area contributed by atoms with Crippen molar-refractivity contribution in [2.75, 3.05) is 13.1 Å². The van der Waals surface area contributed by atoms with Crippen LogP contribution in [0.3, 0.4) is 0 Å². The fraction of sp³-hybridized carbons (Fsp3) is 0.750. The predicted molar refractivity (Wildman–Crippen MR) is 67.5 cm³/mol. The first kappa shape index (κ1) is 12.7. The molecule has 0 radical (unpaired) electrons. The van der Waals surface area contributed by atoms with Crippen LogP contribution in [-0.2, 0) is 6.42 Å². The van der Waals surface area contributed by atoms with Gasteiger partial charge in [0, 0.05) is 17.5 Å². The molecule has 0 aliphatic rings. The van der Waals surface area contributed by atoms with Crippen LogP contribution < -0.4 is 5.32 Å². The van der Waals surface area contributed by atoms with E-state index in [1.165, 1.54) is 17.8 Å². The van der Waals surface area contributed by atoms with Crippen LogP contribution in [0.4, 0.5) is 0 Å². The lowest BCUT2D eigenvalue weighted by molar-refractivity contribution is 0.459. The molecule has 0 fully saturated rings. The van der Waals surface area contributed by atoms with E-state index in [4.69, 9.17) is 0 Å². The number of nitrogens with one attached hydrogen (secondary N) is 1. The Bertz CT molecular complexity index is 270. The van der Waals surface area contributed by atoms with Gasteiger partial charge in [-0.25, -0.2) is 4.98 Å². The molecule has 1 N–H and O–H groups in total. The van der Waals surface area contributed by atoms with E-state index in [9.17, 15) is 0 Å². The van der Waals surface area contributed by atoms with Crippen molar-refractivity contribution in [3.05, 3.63) is 16.1 Å². The average molecular weight is 226 g/mol. The summed E-state index contributed by atoms with van der Waals surface area (Å²) in [5.74, 6) is 0.738. The van der Waals surface area contributed by atoms with Gasteiger partial charge in [-0.2, -0.15) is 0 Å². The van der Waals surface area contributed by atoms with Crippen LogP contribution in [0.15, 0.2) is 5.38 Å². The molecule has 86 valence electrons. The maximum absolute atomic E-state index is 4.52. The van der Waals surface area contributed by atoms with Gasteiger partial charge in [-0.1, -0.05) is 20.3 Å². The Morgan fingerprint density at radius 3 is 2.80 bits per heavy atom. The highest BCUT2D eigenvalue weighted by Crippen LogP contribution is 2.15. The minimum atomic E-state index is 0.738. The molecule has 15 heavy (non-hydrogen) atoms. The average Bonchev–Trinajstić information content (AvgIpc) is 2.63. The first-order valence-corrected chi connectivity index (χ1v) is 6.75. The van der Waals surface area contributed by atoms with Gasteiger partial charge in [0.15, 0.2) is 0 Å². The van der Waals surface area contributed by atoms with Crippen LogP contribution in [0.2, 0.25) is 0 Å². The Kier molecular flexibility index (Phi) is 5.88. The second-order valence-corrected chi connectivity index (χ2v) is 5.01. The highest BCUT2D eigenvalue weighted by molar-refractivity contribution is 7.09. The summed E-state index contributed by atoms with van der Waals surface area (Å²) in [6.45, 7) is 8.80. The zero-order chi connectivity index (χ0) is 11.1. The molecular weight excluding hydrogens is 204 g/mol. The zero-order valence-electron chi connectivity index (χ0n) is 10.0. The Morgan fingerprint density at radius 1 is 1.47 bits per heavy atom. The maximum atomic E-state index is 4.52. The van der Waals surface area contributed by atoms with Crippen LogP contribution in [-0.4, -0.2) is 18.1 Å². The SMILES string of the molecule is CCCNCC(CC)Cc1nc(C)cs1. The highest BCUT2D eigenvalue weighted by atomic mass is 32.1. The van der Waals surface area contributed by atoms with Gasteiger partial charge in [-0.15, -0.1) is 11.3 Å². The number of aromatic nitrogens is 1. The normalized spacial score (nSPS) is 13.0. The van der Waals surface area contributed by atoms with Crippen molar-refractivity contribution in [1.82, 2.24) is 10.3 Å². The summed E-state index contributed by atoms with van der Waals surface area (Å²) in [7, 11) is 0. The quantitative estimate of drug-likeness (QED) is 0.723. The molecule has 0 aromatic carbocycles. The Labute approximate surface area is 97.1 Å². The minimum Gasteiger partial charge on any atom is -0.316 e. The third-order valence-electron chi connectivity index (χ3n) is 2.57. The number of rotatable bonds is 7. The molecule has 0 saturated heterocycles. The smallest absolute Gasteiger partial charge is 0.0931 e. The summed E-state index contributed by atoms with van der Waals surface area (Å²) >= 11 is 1.79. The van der Waals surface area contributed by atoms with Crippen LogP contribution in [0.25, 0.3) is 0 Å².